The van der Waals surface area contributed by atoms with E-state index in [4.69, 9.17) is 9.63 Å². The predicted octanol–water partition coefficient (Wildman–Crippen LogP) is 2.57. The van der Waals surface area contributed by atoms with Crippen molar-refractivity contribution >= 4 is 11.9 Å². The maximum Gasteiger partial charge on any atom is 0.433 e. The molecular formula is C20H15F3N4O5. The molecule has 1 unspecified atom stereocenters. The number of halogens is 3. The van der Waals surface area contributed by atoms with Gasteiger partial charge >= 0.3 is 12.1 Å². The first-order valence-corrected chi connectivity index (χ1v) is 9.24. The van der Waals surface area contributed by atoms with Gasteiger partial charge in [-0.1, -0.05) is 23.4 Å². The number of aliphatic hydroxyl groups is 1. The van der Waals surface area contributed by atoms with E-state index >= 15 is 0 Å². The molecule has 3 heterocycles. The number of alkyl halides is 3. The lowest BCUT2D eigenvalue weighted by molar-refractivity contribution is -0.145. The lowest BCUT2D eigenvalue weighted by Gasteiger charge is -2.16. The summed E-state index contributed by atoms with van der Waals surface area (Å²) in [4.78, 5) is 32.0. The smallest absolute Gasteiger partial charge is 0.433 e. The Morgan fingerprint density at radius 1 is 1.19 bits per heavy atom. The largest absolute Gasteiger partial charge is 0.477 e. The van der Waals surface area contributed by atoms with Gasteiger partial charge in [0.2, 0.25) is 5.60 Å². The molecule has 0 bridgehead atoms. The highest BCUT2D eigenvalue weighted by Crippen LogP contribution is 2.35. The zero-order valence-electron chi connectivity index (χ0n) is 16.4. The number of carboxylic acids is 1. The number of amides is 1. The summed E-state index contributed by atoms with van der Waals surface area (Å²) in [5.41, 5.74) is -3.35. The van der Waals surface area contributed by atoms with Crippen LogP contribution in [-0.4, -0.2) is 55.7 Å². The van der Waals surface area contributed by atoms with E-state index in [0.717, 1.165) is 0 Å². The van der Waals surface area contributed by atoms with Crippen LogP contribution in [0.1, 0.15) is 28.4 Å². The third kappa shape index (κ3) is 3.68. The molecule has 3 aromatic rings. The second kappa shape index (κ2) is 7.41. The minimum atomic E-state index is -4.86. The summed E-state index contributed by atoms with van der Waals surface area (Å²) in [5, 5.41) is 23.6. The van der Waals surface area contributed by atoms with E-state index in [1.165, 1.54) is 29.2 Å². The molecule has 1 atom stereocenters. The van der Waals surface area contributed by atoms with E-state index in [-0.39, 0.29) is 23.4 Å². The summed E-state index contributed by atoms with van der Waals surface area (Å²) in [7, 11) is 1.54. The van der Waals surface area contributed by atoms with E-state index in [0.29, 0.717) is 18.2 Å². The zero-order chi connectivity index (χ0) is 23.3. The molecule has 9 nitrogen and oxygen atoms in total. The van der Waals surface area contributed by atoms with Crippen molar-refractivity contribution in [2.45, 2.75) is 18.2 Å². The molecule has 166 valence electrons. The standard InChI is InChI=1S/C20H15F3N4O5/c1-27-6-5-19(31,18(27)30)15-9-12(26-32-15)10-3-2-4-11(7-10)16-24-13(17(28)29)8-14(25-16)20(21,22)23/h2-4,7-9,31H,5-6H2,1H3,(H,28,29). The predicted molar refractivity (Wildman–Crippen MR) is 101 cm³/mol. The number of rotatable bonds is 4. The van der Waals surface area contributed by atoms with Crippen molar-refractivity contribution in [3.8, 4) is 22.6 Å². The Morgan fingerprint density at radius 2 is 1.91 bits per heavy atom. The van der Waals surface area contributed by atoms with Gasteiger partial charge in [-0.05, 0) is 6.07 Å². The molecule has 0 saturated carbocycles. The average Bonchev–Trinajstić information content (AvgIpc) is 3.35. The van der Waals surface area contributed by atoms with Crippen LogP contribution in [0.2, 0.25) is 0 Å². The topological polar surface area (TPSA) is 130 Å². The number of benzene rings is 1. The molecule has 2 aromatic heterocycles. The lowest BCUT2D eigenvalue weighted by atomic mass is 9.98. The van der Waals surface area contributed by atoms with Crippen LogP contribution in [0.25, 0.3) is 22.6 Å². The molecule has 0 radical (unpaired) electrons. The number of hydrogen-bond donors (Lipinski definition) is 2. The average molecular weight is 448 g/mol. The number of carbonyl (C=O) groups is 2. The van der Waals surface area contributed by atoms with E-state index in [1.807, 2.05) is 0 Å². The molecule has 2 N–H and O–H groups in total. The van der Waals surface area contributed by atoms with Gasteiger partial charge in [0, 0.05) is 43.3 Å². The minimum Gasteiger partial charge on any atom is -0.477 e. The van der Waals surface area contributed by atoms with Crippen LogP contribution in [0.15, 0.2) is 40.9 Å². The molecule has 12 heteroatoms. The van der Waals surface area contributed by atoms with E-state index in [9.17, 15) is 27.9 Å². The van der Waals surface area contributed by atoms with Gasteiger partial charge < -0.3 is 19.6 Å². The Kier molecular flexibility index (Phi) is 4.96. The second-order valence-corrected chi connectivity index (χ2v) is 7.26. The maximum atomic E-state index is 13.2. The Bertz CT molecular complexity index is 1230. The summed E-state index contributed by atoms with van der Waals surface area (Å²) in [6.45, 7) is 0.333. The van der Waals surface area contributed by atoms with Gasteiger partial charge in [0.15, 0.2) is 17.3 Å². The Labute approximate surface area is 178 Å². The fourth-order valence-electron chi connectivity index (χ4n) is 3.34. The normalized spacial score (nSPS) is 18.9. The SMILES string of the molecule is CN1CCC(O)(c2cc(-c3cccc(-c4nc(C(=O)O)cc(C(F)(F)F)n4)c3)no2)C1=O. The van der Waals surface area contributed by atoms with Gasteiger partial charge in [-0.25, -0.2) is 14.8 Å². The summed E-state index contributed by atoms with van der Waals surface area (Å²) in [6.07, 6.45) is -4.75. The lowest BCUT2D eigenvalue weighted by Crippen LogP contribution is -2.35. The number of likely N-dealkylation sites (tertiary alicyclic amines) is 1. The summed E-state index contributed by atoms with van der Waals surface area (Å²) >= 11 is 0. The first-order valence-electron chi connectivity index (χ1n) is 9.24. The van der Waals surface area contributed by atoms with Gasteiger partial charge in [0.05, 0.1) is 0 Å². The van der Waals surface area contributed by atoms with Gasteiger partial charge in [-0.15, -0.1) is 0 Å². The van der Waals surface area contributed by atoms with Gasteiger partial charge in [-0.3, -0.25) is 4.79 Å². The van der Waals surface area contributed by atoms with Crippen LogP contribution >= 0.6 is 0 Å². The minimum absolute atomic E-state index is 0.0595. The van der Waals surface area contributed by atoms with Crippen LogP contribution in [0, 0.1) is 0 Å². The molecular weight excluding hydrogens is 433 g/mol. The summed E-state index contributed by atoms with van der Waals surface area (Å²) in [6, 6.07) is 7.60. The highest BCUT2D eigenvalue weighted by molar-refractivity contribution is 5.88. The Hall–Kier alpha value is -3.80. The third-order valence-electron chi connectivity index (χ3n) is 5.08. The number of aromatic nitrogens is 3. The van der Waals surface area contributed by atoms with Gasteiger partial charge in [-0.2, -0.15) is 13.2 Å². The third-order valence-corrected chi connectivity index (χ3v) is 5.08. The molecule has 1 saturated heterocycles. The first-order chi connectivity index (χ1) is 15.0. The molecule has 4 rings (SSSR count). The number of likely N-dealkylation sites (N-methyl/N-ethyl adjacent to an activating group) is 1. The van der Waals surface area contributed by atoms with Crippen molar-refractivity contribution in [2.75, 3.05) is 13.6 Å². The summed E-state index contributed by atoms with van der Waals surface area (Å²) in [5.74, 6) is -2.66. The zero-order valence-corrected chi connectivity index (χ0v) is 16.4. The fraction of sp³-hybridized carbons (Fsp3) is 0.250. The molecule has 1 fully saturated rings. The van der Waals surface area contributed by atoms with Crippen molar-refractivity contribution in [1.29, 1.82) is 0 Å². The van der Waals surface area contributed by atoms with Crippen LogP contribution < -0.4 is 0 Å². The van der Waals surface area contributed by atoms with Crippen molar-refractivity contribution in [3.05, 3.63) is 53.5 Å². The van der Waals surface area contributed by atoms with Gasteiger partial charge in [0.1, 0.15) is 11.4 Å². The second-order valence-electron chi connectivity index (χ2n) is 7.26. The van der Waals surface area contributed by atoms with E-state index < -0.39 is 40.9 Å². The van der Waals surface area contributed by atoms with Crippen LogP contribution in [0.5, 0.6) is 0 Å². The monoisotopic (exact) mass is 448 g/mol. The summed E-state index contributed by atoms with van der Waals surface area (Å²) < 4.78 is 44.7. The highest BCUT2D eigenvalue weighted by Gasteiger charge is 2.48. The molecule has 32 heavy (non-hydrogen) atoms. The molecule has 1 aliphatic heterocycles. The fourth-order valence-corrected chi connectivity index (χ4v) is 3.34. The number of nitrogens with zero attached hydrogens (tertiary/aromatic N) is 4. The number of hydrogen-bond acceptors (Lipinski definition) is 7. The number of aromatic carboxylic acids is 1. The van der Waals surface area contributed by atoms with E-state index in [1.54, 1.807) is 13.1 Å². The van der Waals surface area contributed by atoms with Crippen molar-refractivity contribution in [2.24, 2.45) is 0 Å². The first kappa shape index (κ1) is 21.4. The van der Waals surface area contributed by atoms with Crippen molar-refractivity contribution < 1.29 is 37.5 Å². The van der Waals surface area contributed by atoms with Crippen LogP contribution in [-0.2, 0) is 16.6 Å². The van der Waals surface area contributed by atoms with Crippen molar-refractivity contribution in [3.63, 3.8) is 0 Å². The Balaban J connectivity index is 1.73. The van der Waals surface area contributed by atoms with Crippen LogP contribution in [0.4, 0.5) is 13.2 Å². The highest BCUT2D eigenvalue weighted by atomic mass is 19.4. The quantitative estimate of drug-likeness (QED) is 0.623. The van der Waals surface area contributed by atoms with Gasteiger partial charge in [0.25, 0.3) is 5.91 Å². The molecule has 1 amide bonds. The molecule has 1 aliphatic rings. The molecule has 0 aliphatic carbocycles. The number of carbonyl (C=O) groups excluding carboxylic acids is 1. The maximum absolute atomic E-state index is 13.2. The van der Waals surface area contributed by atoms with E-state index in [2.05, 4.69) is 15.1 Å². The number of carboxylic acid groups (broad SMARTS) is 1. The Morgan fingerprint density at radius 3 is 2.53 bits per heavy atom. The molecule has 0 spiro atoms. The van der Waals surface area contributed by atoms with Crippen LogP contribution in [0.3, 0.4) is 0 Å². The molecule has 1 aromatic carbocycles. The van der Waals surface area contributed by atoms with Crippen molar-refractivity contribution in [1.82, 2.24) is 20.0 Å².